The van der Waals surface area contributed by atoms with Crippen LogP contribution >= 0.6 is 0 Å². The Bertz CT molecular complexity index is 555. The number of hydrogen-bond donors (Lipinski definition) is 1. The summed E-state index contributed by atoms with van der Waals surface area (Å²) in [6.45, 7) is 1.89. The van der Waals surface area contributed by atoms with Gasteiger partial charge in [-0.25, -0.2) is 10.2 Å². The lowest BCUT2D eigenvalue weighted by molar-refractivity contribution is 0.439. The Morgan fingerprint density at radius 3 is 2.44 bits per heavy atom. The first-order valence-corrected chi connectivity index (χ1v) is 5.59. The molecule has 2 aromatic rings. The topological polar surface area (TPSA) is 38.5 Å². The Morgan fingerprint density at radius 2 is 1.83 bits per heavy atom. The van der Waals surface area contributed by atoms with Crippen LogP contribution in [0.2, 0.25) is 0 Å². The molecule has 0 aliphatic rings. The minimum atomic E-state index is -0.378. The number of rotatable bonds is 3. The van der Waals surface area contributed by atoms with Crippen molar-refractivity contribution in [3.8, 4) is 11.5 Å². The number of ether oxygens (including phenoxy) is 1. The summed E-state index contributed by atoms with van der Waals surface area (Å²) in [7, 11) is 1.76. The summed E-state index contributed by atoms with van der Waals surface area (Å²) >= 11 is 0. The van der Waals surface area contributed by atoms with Crippen LogP contribution < -0.4 is 15.6 Å². The third kappa shape index (κ3) is 2.60. The molecule has 0 aromatic heterocycles. The quantitative estimate of drug-likeness (QED) is 0.667. The minimum Gasteiger partial charge on any atom is -0.454 e. The lowest BCUT2D eigenvalue weighted by Gasteiger charge is -2.15. The number of benzene rings is 2. The fraction of sp³-hybridized carbons (Fsp3) is 0.143. The molecular formula is C14H15FN2O. The van der Waals surface area contributed by atoms with Gasteiger partial charge in [0.25, 0.3) is 0 Å². The highest BCUT2D eigenvalue weighted by molar-refractivity contribution is 5.52. The predicted octanol–water partition coefficient (Wildman–Crippen LogP) is 3.24. The van der Waals surface area contributed by atoms with Crippen molar-refractivity contribution in [3.05, 3.63) is 53.8 Å². The van der Waals surface area contributed by atoms with Crippen molar-refractivity contribution >= 4 is 5.69 Å². The summed E-state index contributed by atoms with van der Waals surface area (Å²) < 4.78 is 19.0. The Balaban J connectivity index is 2.28. The molecular weight excluding hydrogens is 231 g/mol. The van der Waals surface area contributed by atoms with Crippen LogP contribution in [0.3, 0.4) is 0 Å². The number of halogens is 1. The van der Waals surface area contributed by atoms with Crippen molar-refractivity contribution in [2.45, 2.75) is 6.92 Å². The number of anilines is 1. The average molecular weight is 246 g/mol. The van der Waals surface area contributed by atoms with Gasteiger partial charge in [-0.3, -0.25) is 0 Å². The number of aryl methyl sites for hydroxylation is 1. The predicted molar refractivity (Wildman–Crippen MR) is 70.2 cm³/mol. The van der Waals surface area contributed by atoms with Crippen LogP contribution in [0.25, 0.3) is 0 Å². The summed E-state index contributed by atoms with van der Waals surface area (Å²) in [6.07, 6.45) is 0. The first-order chi connectivity index (χ1) is 8.58. The highest BCUT2D eigenvalue weighted by Crippen LogP contribution is 2.29. The van der Waals surface area contributed by atoms with Gasteiger partial charge in [-0.05, 0) is 42.8 Å². The van der Waals surface area contributed by atoms with Crippen LogP contribution in [0, 0.1) is 12.7 Å². The molecule has 0 bridgehead atoms. The number of nitrogens with zero attached hydrogens (tertiary/aromatic N) is 1. The molecule has 18 heavy (non-hydrogen) atoms. The SMILES string of the molecule is Cc1cc(N(C)N)ccc1Oc1ccccc1F. The van der Waals surface area contributed by atoms with Gasteiger partial charge in [0.05, 0.1) is 5.69 Å². The molecule has 3 nitrogen and oxygen atoms in total. The van der Waals surface area contributed by atoms with E-state index in [-0.39, 0.29) is 11.6 Å². The fourth-order valence-corrected chi connectivity index (χ4v) is 1.61. The summed E-state index contributed by atoms with van der Waals surface area (Å²) in [5, 5.41) is 1.51. The summed E-state index contributed by atoms with van der Waals surface area (Å²) in [6, 6.07) is 11.8. The van der Waals surface area contributed by atoms with Crippen LogP contribution in [-0.2, 0) is 0 Å². The molecule has 0 unspecified atom stereocenters. The zero-order valence-corrected chi connectivity index (χ0v) is 10.4. The number of nitrogens with two attached hydrogens (primary N) is 1. The number of hydrazine groups is 1. The lowest BCUT2D eigenvalue weighted by Crippen LogP contribution is -2.24. The van der Waals surface area contributed by atoms with Gasteiger partial charge in [0.15, 0.2) is 11.6 Å². The highest BCUT2D eigenvalue weighted by Gasteiger charge is 2.07. The summed E-state index contributed by atoms with van der Waals surface area (Å²) in [5.41, 5.74) is 1.77. The number of para-hydroxylation sites is 1. The number of hydrogen-bond acceptors (Lipinski definition) is 3. The van der Waals surface area contributed by atoms with Crippen LogP contribution in [-0.4, -0.2) is 7.05 Å². The van der Waals surface area contributed by atoms with E-state index in [9.17, 15) is 4.39 Å². The third-order valence-corrected chi connectivity index (χ3v) is 2.62. The molecule has 2 rings (SSSR count). The Kier molecular flexibility index (Phi) is 3.48. The summed E-state index contributed by atoms with van der Waals surface area (Å²) in [5.74, 6) is 6.10. The van der Waals surface area contributed by atoms with E-state index in [0.717, 1.165) is 11.3 Å². The van der Waals surface area contributed by atoms with E-state index < -0.39 is 0 Å². The first kappa shape index (κ1) is 12.4. The van der Waals surface area contributed by atoms with Gasteiger partial charge in [0.2, 0.25) is 0 Å². The maximum atomic E-state index is 13.5. The lowest BCUT2D eigenvalue weighted by atomic mass is 10.2. The molecule has 0 heterocycles. The van der Waals surface area contributed by atoms with Gasteiger partial charge in [0.1, 0.15) is 5.75 Å². The standard InChI is InChI=1S/C14H15FN2O/c1-10-9-11(17(2)16)7-8-13(10)18-14-6-4-3-5-12(14)15/h3-9H,16H2,1-2H3. The van der Waals surface area contributed by atoms with Gasteiger partial charge in [-0.1, -0.05) is 12.1 Å². The fourth-order valence-electron chi connectivity index (χ4n) is 1.61. The average Bonchev–Trinajstić information content (AvgIpc) is 2.34. The van der Waals surface area contributed by atoms with E-state index in [1.54, 1.807) is 31.3 Å². The van der Waals surface area contributed by atoms with E-state index in [4.69, 9.17) is 10.6 Å². The van der Waals surface area contributed by atoms with Gasteiger partial charge in [-0.2, -0.15) is 0 Å². The minimum absolute atomic E-state index is 0.217. The monoisotopic (exact) mass is 246 g/mol. The highest BCUT2D eigenvalue weighted by atomic mass is 19.1. The molecule has 94 valence electrons. The Hall–Kier alpha value is -2.07. The van der Waals surface area contributed by atoms with Gasteiger partial charge < -0.3 is 9.75 Å². The Morgan fingerprint density at radius 1 is 1.11 bits per heavy atom. The molecule has 2 aromatic carbocycles. The van der Waals surface area contributed by atoms with Crippen molar-refractivity contribution in [2.24, 2.45) is 5.84 Å². The third-order valence-electron chi connectivity index (χ3n) is 2.62. The first-order valence-electron chi connectivity index (χ1n) is 5.59. The molecule has 0 spiro atoms. The van der Waals surface area contributed by atoms with Crippen molar-refractivity contribution in [1.82, 2.24) is 0 Å². The molecule has 0 saturated heterocycles. The van der Waals surface area contributed by atoms with Crippen LogP contribution in [0.1, 0.15) is 5.56 Å². The molecule has 0 aliphatic carbocycles. The van der Waals surface area contributed by atoms with Crippen molar-refractivity contribution in [3.63, 3.8) is 0 Å². The molecule has 0 saturated carbocycles. The van der Waals surface area contributed by atoms with Crippen molar-refractivity contribution < 1.29 is 9.13 Å². The van der Waals surface area contributed by atoms with E-state index >= 15 is 0 Å². The largest absolute Gasteiger partial charge is 0.454 e. The smallest absolute Gasteiger partial charge is 0.165 e. The zero-order valence-electron chi connectivity index (χ0n) is 10.4. The summed E-state index contributed by atoms with van der Waals surface area (Å²) in [4.78, 5) is 0. The Labute approximate surface area is 106 Å². The van der Waals surface area contributed by atoms with Gasteiger partial charge in [-0.15, -0.1) is 0 Å². The zero-order chi connectivity index (χ0) is 13.1. The maximum Gasteiger partial charge on any atom is 0.165 e. The second-order valence-electron chi connectivity index (χ2n) is 4.09. The van der Waals surface area contributed by atoms with Crippen LogP contribution in [0.5, 0.6) is 11.5 Å². The van der Waals surface area contributed by atoms with E-state index in [1.807, 2.05) is 19.1 Å². The maximum absolute atomic E-state index is 13.5. The second-order valence-corrected chi connectivity index (χ2v) is 4.09. The van der Waals surface area contributed by atoms with Crippen LogP contribution in [0.4, 0.5) is 10.1 Å². The molecule has 0 atom stereocenters. The molecule has 0 fully saturated rings. The second kappa shape index (κ2) is 5.06. The van der Waals surface area contributed by atoms with E-state index in [2.05, 4.69) is 0 Å². The molecule has 0 radical (unpaired) electrons. The van der Waals surface area contributed by atoms with Crippen molar-refractivity contribution in [1.29, 1.82) is 0 Å². The van der Waals surface area contributed by atoms with Crippen molar-refractivity contribution in [2.75, 3.05) is 12.1 Å². The molecule has 4 heteroatoms. The van der Waals surface area contributed by atoms with Crippen LogP contribution in [0.15, 0.2) is 42.5 Å². The molecule has 2 N–H and O–H groups in total. The van der Waals surface area contributed by atoms with Gasteiger partial charge in [0, 0.05) is 7.05 Å². The molecule has 0 aliphatic heterocycles. The van der Waals surface area contributed by atoms with E-state index in [1.165, 1.54) is 11.1 Å². The normalized spacial score (nSPS) is 10.2. The molecule has 0 amide bonds. The van der Waals surface area contributed by atoms with Gasteiger partial charge >= 0.3 is 0 Å². The van der Waals surface area contributed by atoms with E-state index in [0.29, 0.717) is 5.75 Å².